The Bertz CT molecular complexity index is 649. The van der Waals surface area contributed by atoms with Crippen LogP contribution in [0.25, 0.3) is 0 Å². The van der Waals surface area contributed by atoms with Gasteiger partial charge in [0.1, 0.15) is 5.76 Å². The first-order valence-electron chi connectivity index (χ1n) is 6.31. The van der Waals surface area contributed by atoms with Crippen molar-refractivity contribution in [3.8, 4) is 11.8 Å². The van der Waals surface area contributed by atoms with Gasteiger partial charge in [0.05, 0.1) is 24.9 Å². The molecule has 3 N–H and O–H groups in total. The van der Waals surface area contributed by atoms with Crippen LogP contribution >= 0.6 is 0 Å². The first-order chi connectivity index (χ1) is 9.70. The summed E-state index contributed by atoms with van der Waals surface area (Å²) in [5.41, 5.74) is 7.61. The van der Waals surface area contributed by atoms with Crippen molar-refractivity contribution in [1.82, 2.24) is 5.32 Å². The van der Waals surface area contributed by atoms with Crippen LogP contribution in [0.2, 0.25) is 0 Å². The Kier molecular flexibility index (Phi) is 4.59. The highest BCUT2D eigenvalue weighted by Gasteiger charge is 2.10. The molecular formula is C16H16N2O2. The van der Waals surface area contributed by atoms with Gasteiger partial charge in [0.2, 0.25) is 0 Å². The van der Waals surface area contributed by atoms with Gasteiger partial charge in [-0.2, -0.15) is 0 Å². The van der Waals surface area contributed by atoms with Gasteiger partial charge in [-0.25, -0.2) is 0 Å². The number of aryl methyl sites for hydroxylation is 1. The van der Waals surface area contributed by atoms with Gasteiger partial charge >= 0.3 is 0 Å². The van der Waals surface area contributed by atoms with E-state index in [4.69, 9.17) is 10.2 Å². The molecule has 0 bridgehead atoms. The molecule has 0 aliphatic carbocycles. The van der Waals surface area contributed by atoms with Crippen LogP contribution in [0.1, 0.15) is 27.2 Å². The molecule has 0 fully saturated rings. The number of carbonyl (C=O) groups is 1. The predicted octanol–water partition coefficient (Wildman–Crippen LogP) is 1.83. The fraction of sp³-hybridized carbons (Fsp3) is 0.188. The third kappa shape index (κ3) is 3.50. The number of hydrogen-bond donors (Lipinski definition) is 2. The zero-order chi connectivity index (χ0) is 14.4. The van der Waals surface area contributed by atoms with Gasteiger partial charge in [-0.05, 0) is 31.2 Å². The van der Waals surface area contributed by atoms with Crippen LogP contribution in [0.5, 0.6) is 0 Å². The van der Waals surface area contributed by atoms with Crippen molar-refractivity contribution in [2.45, 2.75) is 13.5 Å². The van der Waals surface area contributed by atoms with Gasteiger partial charge in [-0.3, -0.25) is 4.79 Å². The summed E-state index contributed by atoms with van der Waals surface area (Å²) in [6.45, 7) is 2.55. The zero-order valence-corrected chi connectivity index (χ0v) is 11.3. The summed E-state index contributed by atoms with van der Waals surface area (Å²) >= 11 is 0. The molecular weight excluding hydrogens is 252 g/mol. The minimum Gasteiger partial charge on any atom is -0.467 e. The van der Waals surface area contributed by atoms with E-state index in [1.807, 2.05) is 31.2 Å². The zero-order valence-electron chi connectivity index (χ0n) is 11.3. The quantitative estimate of drug-likeness (QED) is 0.834. The average molecular weight is 268 g/mol. The summed E-state index contributed by atoms with van der Waals surface area (Å²) in [6.07, 6.45) is 1.58. The van der Waals surface area contributed by atoms with E-state index < -0.39 is 0 Å². The van der Waals surface area contributed by atoms with E-state index in [2.05, 4.69) is 17.2 Å². The lowest BCUT2D eigenvalue weighted by atomic mass is 10.0. The Morgan fingerprint density at radius 1 is 1.40 bits per heavy atom. The number of nitrogens with one attached hydrogen (secondary N) is 1. The molecule has 4 heteroatoms. The normalized spacial score (nSPS) is 9.70. The average Bonchev–Trinajstić information content (AvgIpc) is 2.96. The number of amides is 1. The van der Waals surface area contributed by atoms with Crippen LogP contribution in [0.15, 0.2) is 41.0 Å². The molecule has 0 saturated carbocycles. The number of rotatable bonds is 3. The molecule has 0 unspecified atom stereocenters. The number of nitrogens with two attached hydrogens (primary N) is 1. The van der Waals surface area contributed by atoms with E-state index in [1.165, 1.54) is 0 Å². The van der Waals surface area contributed by atoms with Crippen molar-refractivity contribution in [2.24, 2.45) is 5.73 Å². The first kappa shape index (κ1) is 13.9. The van der Waals surface area contributed by atoms with Crippen LogP contribution in [0.4, 0.5) is 0 Å². The lowest BCUT2D eigenvalue weighted by Gasteiger charge is -2.07. The van der Waals surface area contributed by atoms with Gasteiger partial charge in [0.25, 0.3) is 5.91 Å². The molecule has 0 aliphatic rings. The molecule has 0 radical (unpaired) electrons. The number of carbonyl (C=O) groups excluding carboxylic acids is 1. The van der Waals surface area contributed by atoms with Crippen molar-refractivity contribution < 1.29 is 9.21 Å². The van der Waals surface area contributed by atoms with Crippen LogP contribution < -0.4 is 11.1 Å². The van der Waals surface area contributed by atoms with Crippen molar-refractivity contribution in [3.63, 3.8) is 0 Å². The van der Waals surface area contributed by atoms with Crippen LogP contribution in [0.3, 0.4) is 0 Å². The number of benzene rings is 1. The van der Waals surface area contributed by atoms with E-state index in [1.54, 1.807) is 12.3 Å². The van der Waals surface area contributed by atoms with Crippen LogP contribution in [-0.4, -0.2) is 12.5 Å². The summed E-state index contributed by atoms with van der Waals surface area (Å²) < 4.78 is 5.18. The third-order valence-corrected chi connectivity index (χ3v) is 2.75. The standard InChI is InChI=1S/C16H16N2O2/c1-12-6-7-13(4-2-8-17)15(10-12)16(19)18-11-14-5-3-9-20-14/h3,5-7,9-10H,8,11,17H2,1H3,(H,18,19). The smallest absolute Gasteiger partial charge is 0.252 e. The lowest BCUT2D eigenvalue weighted by Crippen LogP contribution is -2.23. The maximum atomic E-state index is 12.2. The Morgan fingerprint density at radius 2 is 2.25 bits per heavy atom. The predicted molar refractivity (Wildman–Crippen MR) is 77.0 cm³/mol. The SMILES string of the molecule is Cc1ccc(C#CCN)c(C(=O)NCc2ccco2)c1. The molecule has 1 aromatic heterocycles. The second kappa shape index (κ2) is 6.60. The molecule has 0 spiro atoms. The van der Waals surface area contributed by atoms with Crippen LogP contribution in [-0.2, 0) is 6.54 Å². The van der Waals surface area contributed by atoms with Gasteiger partial charge in [0, 0.05) is 5.56 Å². The van der Waals surface area contributed by atoms with Gasteiger partial charge in [0.15, 0.2) is 0 Å². The molecule has 0 saturated heterocycles. The summed E-state index contributed by atoms with van der Waals surface area (Å²) in [6, 6.07) is 9.17. The highest BCUT2D eigenvalue weighted by Crippen LogP contribution is 2.11. The molecule has 0 aliphatic heterocycles. The maximum Gasteiger partial charge on any atom is 0.252 e. The fourth-order valence-corrected chi connectivity index (χ4v) is 1.78. The second-order valence-corrected chi connectivity index (χ2v) is 4.32. The third-order valence-electron chi connectivity index (χ3n) is 2.75. The molecule has 20 heavy (non-hydrogen) atoms. The fourth-order valence-electron chi connectivity index (χ4n) is 1.78. The molecule has 2 rings (SSSR count). The molecule has 1 amide bonds. The van der Waals surface area contributed by atoms with Crippen molar-refractivity contribution in [3.05, 3.63) is 59.0 Å². The van der Waals surface area contributed by atoms with Crippen LogP contribution in [0, 0.1) is 18.8 Å². The Hall–Kier alpha value is -2.51. The Morgan fingerprint density at radius 3 is 2.95 bits per heavy atom. The molecule has 1 heterocycles. The van der Waals surface area contributed by atoms with Crippen molar-refractivity contribution >= 4 is 5.91 Å². The van der Waals surface area contributed by atoms with Crippen molar-refractivity contribution in [1.29, 1.82) is 0 Å². The molecule has 4 nitrogen and oxygen atoms in total. The second-order valence-electron chi connectivity index (χ2n) is 4.32. The van der Waals surface area contributed by atoms with Crippen molar-refractivity contribution in [2.75, 3.05) is 6.54 Å². The highest BCUT2D eigenvalue weighted by molar-refractivity contribution is 5.96. The molecule has 2 aromatic rings. The minimum atomic E-state index is -0.175. The van der Waals surface area contributed by atoms with E-state index in [-0.39, 0.29) is 12.5 Å². The van der Waals surface area contributed by atoms with E-state index in [0.717, 1.165) is 5.56 Å². The minimum absolute atomic E-state index is 0.175. The van der Waals surface area contributed by atoms with Gasteiger partial charge in [-0.15, -0.1) is 0 Å². The lowest BCUT2D eigenvalue weighted by molar-refractivity contribution is 0.0947. The monoisotopic (exact) mass is 268 g/mol. The maximum absolute atomic E-state index is 12.2. The van der Waals surface area contributed by atoms with Gasteiger partial charge < -0.3 is 15.5 Å². The van der Waals surface area contributed by atoms with Gasteiger partial charge in [-0.1, -0.05) is 23.5 Å². The molecule has 0 atom stereocenters. The Balaban J connectivity index is 2.17. The van der Waals surface area contributed by atoms with E-state index in [0.29, 0.717) is 23.4 Å². The molecule has 1 aromatic carbocycles. The topological polar surface area (TPSA) is 68.3 Å². The van der Waals surface area contributed by atoms with E-state index in [9.17, 15) is 4.79 Å². The summed E-state index contributed by atoms with van der Waals surface area (Å²) in [7, 11) is 0. The summed E-state index contributed by atoms with van der Waals surface area (Å²) in [5, 5.41) is 2.81. The Labute approximate surface area is 118 Å². The highest BCUT2D eigenvalue weighted by atomic mass is 16.3. The largest absolute Gasteiger partial charge is 0.467 e. The van der Waals surface area contributed by atoms with E-state index >= 15 is 0 Å². The summed E-state index contributed by atoms with van der Waals surface area (Å²) in [5.74, 6) is 6.22. The molecule has 102 valence electrons. The number of furan rings is 1. The summed E-state index contributed by atoms with van der Waals surface area (Å²) in [4.78, 5) is 12.2. The number of hydrogen-bond acceptors (Lipinski definition) is 3. The first-order valence-corrected chi connectivity index (χ1v) is 6.31.